The van der Waals surface area contributed by atoms with Gasteiger partial charge >= 0.3 is 0 Å². The molecule has 100 valence electrons. The van der Waals surface area contributed by atoms with Crippen molar-refractivity contribution < 1.29 is 0 Å². The highest BCUT2D eigenvalue weighted by Gasteiger charge is 2.09. The fraction of sp³-hybridized carbons (Fsp3) is 0.538. The lowest BCUT2D eigenvalue weighted by Crippen LogP contribution is -2.37. The smallest absolute Gasteiger partial charge is 0.251 e. The van der Waals surface area contributed by atoms with Gasteiger partial charge in [-0.15, -0.1) is 0 Å². The minimum Gasteiger partial charge on any atom is -0.308 e. The Kier molecular flexibility index (Phi) is 5.16. The molecule has 1 aromatic rings. The van der Waals surface area contributed by atoms with Gasteiger partial charge in [0.1, 0.15) is 0 Å². The van der Waals surface area contributed by atoms with Crippen molar-refractivity contribution in [1.29, 1.82) is 0 Å². The van der Waals surface area contributed by atoms with Crippen LogP contribution in [0, 0.1) is 6.92 Å². The lowest BCUT2D eigenvalue weighted by Gasteiger charge is -2.21. The Balaban J connectivity index is 2.45. The van der Waals surface area contributed by atoms with Gasteiger partial charge in [-0.3, -0.25) is 4.79 Å². The molecular formula is C13H21N3OS. The van der Waals surface area contributed by atoms with Gasteiger partial charge in [0.15, 0.2) is 5.16 Å². The fourth-order valence-electron chi connectivity index (χ4n) is 1.23. The molecule has 0 unspecified atom stereocenters. The van der Waals surface area contributed by atoms with Gasteiger partial charge in [-0.05, 0) is 27.7 Å². The summed E-state index contributed by atoms with van der Waals surface area (Å²) in [7, 11) is 0. The molecule has 0 aromatic carbocycles. The third kappa shape index (κ3) is 6.02. The van der Waals surface area contributed by atoms with Crippen molar-refractivity contribution in [3.8, 4) is 0 Å². The molecule has 2 N–H and O–H groups in total. The molecule has 4 nitrogen and oxygen atoms in total. The van der Waals surface area contributed by atoms with Crippen LogP contribution < -0.4 is 10.9 Å². The van der Waals surface area contributed by atoms with Crippen molar-refractivity contribution in [1.82, 2.24) is 15.3 Å². The average Bonchev–Trinajstić information content (AvgIpc) is 2.21. The molecule has 0 fully saturated rings. The highest BCUT2D eigenvalue weighted by atomic mass is 32.2. The van der Waals surface area contributed by atoms with E-state index in [0.717, 1.165) is 23.6 Å². The maximum atomic E-state index is 11.3. The van der Waals surface area contributed by atoms with Gasteiger partial charge in [0, 0.05) is 29.6 Å². The second-order valence-corrected chi connectivity index (χ2v) is 6.30. The van der Waals surface area contributed by atoms with Crippen LogP contribution in [0.4, 0.5) is 0 Å². The van der Waals surface area contributed by atoms with E-state index in [0.29, 0.717) is 5.16 Å². The monoisotopic (exact) mass is 267 g/mol. The molecule has 0 saturated carbocycles. The Labute approximate surface area is 112 Å². The number of aryl methyl sites for hydroxylation is 1. The van der Waals surface area contributed by atoms with Crippen LogP contribution >= 0.6 is 11.8 Å². The molecule has 1 rings (SSSR count). The first kappa shape index (κ1) is 15.0. The van der Waals surface area contributed by atoms with Crippen molar-refractivity contribution in [3.63, 3.8) is 0 Å². The summed E-state index contributed by atoms with van der Waals surface area (Å²) in [5, 5.41) is 4.03. The quantitative estimate of drug-likeness (QED) is 0.487. The highest BCUT2D eigenvalue weighted by Crippen LogP contribution is 2.14. The molecule has 0 aliphatic carbocycles. The molecule has 1 aromatic heterocycles. The van der Waals surface area contributed by atoms with Crippen molar-refractivity contribution in [3.05, 3.63) is 34.3 Å². The first-order valence-corrected chi connectivity index (χ1v) is 6.87. The van der Waals surface area contributed by atoms with Gasteiger partial charge in [0.2, 0.25) is 0 Å². The molecule has 5 heteroatoms. The summed E-state index contributed by atoms with van der Waals surface area (Å²) in [6, 6.07) is 1.49. The van der Waals surface area contributed by atoms with Crippen LogP contribution in [0.25, 0.3) is 0 Å². The van der Waals surface area contributed by atoms with E-state index in [1.165, 1.54) is 17.8 Å². The van der Waals surface area contributed by atoms with Crippen LogP contribution in [-0.4, -0.2) is 27.8 Å². The third-order valence-electron chi connectivity index (χ3n) is 2.13. The normalized spacial score (nSPS) is 11.6. The SMILES string of the molecule is C=C(CNC(C)(C)C)CSc1nc(C)cc(=O)[nH]1. The average molecular weight is 267 g/mol. The number of H-pyrrole nitrogens is 1. The number of thioether (sulfide) groups is 1. The third-order valence-corrected chi connectivity index (χ3v) is 3.15. The maximum Gasteiger partial charge on any atom is 0.251 e. The molecule has 0 aliphatic heterocycles. The lowest BCUT2D eigenvalue weighted by molar-refractivity contribution is 0.445. The largest absolute Gasteiger partial charge is 0.308 e. The number of nitrogens with one attached hydrogen (secondary N) is 2. The molecule has 0 atom stereocenters. The Morgan fingerprint density at radius 1 is 1.56 bits per heavy atom. The van der Waals surface area contributed by atoms with Gasteiger partial charge < -0.3 is 10.3 Å². The van der Waals surface area contributed by atoms with Crippen LogP contribution in [-0.2, 0) is 0 Å². The number of aromatic amines is 1. The van der Waals surface area contributed by atoms with Crippen LogP contribution in [0.2, 0.25) is 0 Å². The minimum absolute atomic E-state index is 0.0868. The first-order valence-electron chi connectivity index (χ1n) is 5.89. The number of rotatable bonds is 5. The second kappa shape index (κ2) is 6.20. The summed E-state index contributed by atoms with van der Waals surface area (Å²) in [6.07, 6.45) is 0. The molecule has 0 aliphatic rings. The van der Waals surface area contributed by atoms with Crippen molar-refractivity contribution >= 4 is 11.8 Å². The van der Waals surface area contributed by atoms with E-state index >= 15 is 0 Å². The number of aromatic nitrogens is 2. The topological polar surface area (TPSA) is 57.8 Å². The predicted octanol–water partition coefficient (Wildman–Crippen LogP) is 2.11. The van der Waals surface area contributed by atoms with Gasteiger partial charge in [0.05, 0.1) is 0 Å². The summed E-state index contributed by atoms with van der Waals surface area (Å²) in [6.45, 7) is 13.0. The molecule has 0 spiro atoms. The number of hydrogen-bond acceptors (Lipinski definition) is 4. The summed E-state index contributed by atoms with van der Waals surface area (Å²) < 4.78 is 0. The molecule has 18 heavy (non-hydrogen) atoms. The highest BCUT2D eigenvalue weighted by molar-refractivity contribution is 7.99. The van der Waals surface area contributed by atoms with Gasteiger partial charge in [-0.2, -0.15) is 0 Å². The zero-order valence-electron chi connectivity index (χ0n) is 11.5. The van der Waals surface area contributed by atoms with Crippen LogP contribution in [0.1, 0.15) is 26.5 Å². The Morgan fingerprint density at radius 2 is 2.22 bits per heavy atom. The predicted molar refractivity (Wildman–Crippen MR) is 77.2 cm³/mol. The van der Waals surface area contributed by atoms with E-state index in [-0.39, 0.29) is 11.1 Å². The summed E-state index contributed by atoms with van der Waals surface area (Å²) in [5.41, 5.74) is 1.80. The summed E-state index contributed by atoms with van der Waals surface area (Å²) in [4.78, 5) is 18.2. The molecule has 0 amide bonds. The van der Waals surface area contributed by atoms with E-state index in [4.69, 9.17) is 0 Å². The maximum absolute atomic E-state index is 11.3. The van der Waals surface area contributed by atoms with Crippen LogP contribution in [0.5, 0.6) is 0 Å². The fourth-order valence-corrected chi connectivity index (χ4v) is 2.06. The standard InChI is InChI=1S/C13H21N3OS/c1-9(7-14-13(3,4)5)8-18-12-15-10(2)6-11(17)16-12/h6,14H,1,7-8H2,2-5H3,(H,15,16,17). The minimum atomic E-state index is -0.108. The number of hydrogen-bond donors (Lipinski definition) is 2. The van der Waals surface area contributed by atoms with E-state index < -0.39 is 0 Å². The Morgan fingerprint density at radius 3 is 2.78 bits per heavy atom. The van der Waals surface area contributed by atoms with Crippen molar-refractivity contribution in [2.24, 2.45) is 0 Å². The van der Waals surface area contributed by atoms with E-state index in [2.05, 4.69) is 42.6 Å². The zero-order valence-corrected chi connectivity index (χ0v) is 12.3. The van der Waals surface area contributed by atoms with Gasteiger partial charge in [-0.25, -0.2) is 4.98 Å². The molecule has 1 heterocycles. The van der Waals surface area contributed by atoms with E-state index in [1.54, 1.807) is 0 Å². The van der Waals surface area contributed by atoms with Gasteiger partial charge in [0.25, 0.3) is 5.56 Å². The lowest BCUT2D eigenvalue weighted by atomic mass is 10.1. The second-order valence-electron chi connectivity index (χ2n) is 5.33. The van der Waals surface area contributed by atoms with Gasteiger partial charge in [-0.1, -0.05) is 23.9 Å². The van der Waals surface area contributed by atoms with Crippen LogP contribution in [0.15, 0.2) is 28.2 Å². The van der Waals surface area contributed by atoms with Crippen LogP contribution in [0.3, 0.4) is 0 Å². The van der Waals surface area contributed by atoms with E-state index in [9.17, 15) is 4.79 Å². The summed E-state index contributed by atoms with van der Waals surface area (Å²) >= 11 is 1.50. The number of nitrogens with zero attached hydrogens (tertiary/aromatic N) is 1. The Bertz CT molecular complexity index is 474. The Hall–Kier alpha value is -1.07. The van der Waals surface area contributed by atoms with Crippen molar-refractivity contribution in [2.75, 3.05) is 12.3 Å². The summed E-state index contributed by atoms with van der Waals surface area (Å²) in [5.74, 6) is 0.746. The molecular weight excluding hydrogens is 246 g/mol. The zero-order chi connectivity index (χ0) is 13.8. The first-order chi connectivity index (χ1) is 8.26. The molecule has 0 saturated heterocycles. The van der Waals surface area contributed by atoms with E-state index in [1.807, 2.05) is 6.92 Å². The molecule has 0 bridgehead atoms. The molecule has 0 radical (unpaired) electrons. The van der Waals surface area contributed by atoms with Crippen molar-refractivity contribution in [2.45, 2.75) is 38.4 Å².